The zero-order chi connectivity index (χ0) is 16.2. The maximum Gasteiger partial charge on any atom is 0.348 e. The summed E-state index contributed by atoms with van der Waals surface area (Å²) in [6, 6.07) is 12.2. The van der Waals surface area contributed by atoms with Gasteiger partial charge in [-0.25, -0.2) is 4.79 Å². The number of para-hydroxylation sites is 1. The van der Waals surface area contributed by atoms with Crippen molar-refractivity contribution in [3.8, 4) is 0 Å². The number of nitrogens with zero attached hydrogens (tertiary/aromatic N) is 2. The van der Waals surface area contributed by atoms with E-state index < -0.39 is 0 Å². The van der Waals surface area contributed by atoms with E-state index in [1.807, 2.05) is 6.07 Å². The molecule has 2 aromatic rings. The number of methoxy groups -OCH3 is 1. The van der Waals surface area contributed by atoms with Crippen LogP contribution in [0.15, 0.2) is 36.4 Å². The lowest BCUT2D eigenvalue weighted by atomic mass is 10.2. The average Bonchev–Trinajstić information content (AvgIpc) is 2.96. The van der Waals surface area contributed by atoms with E-state index in [2.05, 4.69) is 34.1 Å². The zero-order valence-corrected chi connectivity index (χ0v) is 14.6. The molecule has 1 aliphatic rings. The molecule has 0 aliphatic carbocycles. The van der Waals surface area contributed by atoms with Crippen LogP contribution in [0.4, 0.5) is 5.69 Å². The Balaban J connectivity index is 1.59. The van der Waals surface area contributed by atoms with E-state index >= 15 is 0 Å². The van der Waals surface area contributed by atoms with Gasteiger partial charge in [0.25, 0.3) is 0 Å². The smallest absolute Gasteiger partial charge is 0.348 e. The number of ether oxygens (including phenoxy) is 1. The minimum Gasteiger partial charge on any atom is -0.465 e. The molecule has 0 spiro atoms. The predicted molar refractivity (Wildman–Crippen MR) is 94.6 cm³/mol. The van der Waals surface area contributed by atoms with Crippen LogP contribution in [0.25, 0.3) is 0 Å². The summed E-state index contributed by atoms with van der Waals surface area (Å²) >= 11 is 7.68. The molecule has 2 heterocycles. The molecule has 0 N–H and O–H groups in total. The SMILES string of the molecule is COC(=O)c1cc(Cl)c(CN2CCN(c3ccccc3)CC2)s1. The van der Waals surface area contributed by atoms with Crippen molar-refractivity contribution < 1.29 is 9.53 Å². The largest absolute Gasteiger partial charge is 0.465 e. The highest BCUT2D eigenvalue weighted by molar-refractivity contribution is 7.14. The van der Waals surface area contributed by atoms with Crippen molar-refractivity contribution in [2.24, 2.45) is 0 Å². The summed E-state index contributed by atoms with van der Waals surface area (Å²) in [5, 5.41) is 0.654. The average molecular weight is 351 g/mol. The van der Waals surface area contributed by atoms with Gasteiger partial charge in [0.15, 0.2) is 0 Å². The number of piperazine rings is 1. The number of benzene rings is 1. The number of anilines is 1. The quantitative estimate of drug-likeness (QED) is 0.790. The zero-order valence-electron chi connectivity index (χ0n) is 13.0. The Kier molecular flexibility index (Phi) is 5.20. The molecule has 0 bridgehead atoms. The standard InChI is InChI=1S/C17H19ClN2O2S/c1-22-17(21)15-11-14(18)16(23-15)12-19-7-9-20(10-8-19)13-5-3-2-4-6-13/h2-6,11H,7-10,12H2,1H3. The lowest BCUT2D eigenvalue weighted by Gasteiger charge is -2.36. The number of carbonyl (C=O) groups excluding carboxylic acids is 1. The monoisotopic (exact) mass is 350 g/mol. The molecule has 1 fully saturated rings. The Morgan fingerprint density at radius 3 is 2.57 bits per heavy atom. The van der Waals surface area contributed by atoms with Gasteiger partial charge in [0, 0.05) is 43.3 Å². The molecule has 4 nitrogen and oxygen atoms in total. The third-order valence-corrected chi connectivity index (χ3v) is 5.55. The van der Waals surface area contributed by atoms with Crippen molar-refractivity contribution in [2.75, 3.05) is 38.2 Å². The Labute approximate surface area is 145 Å². The number of hydrogen-bond acceptors (Lipinski definition) is 5. The molecule has 1 saturated heterocycles. The van der Waals surface area contributed by atoms with Gasteiger partial charge in [-0.3, -0.25) is 4.90 Å². The van der Waals surface area contributed by atoms with Crippen LogP contribution in [0, 0.1) is 0 Å². The Bertz CT molecular complexity index is 666. The summed E-state index contributed by atoms with van der Waals surface area (Å²) in [6.07, 6.45) is 0. The number of thiophene rings is 1. The van der Waals surface area contributed by atoms with E-state index in [0.717, 1.165) is 37.6 Å². The minimum absolute atomic E-state index is 0.322. The summed E-state index contributed by atoms with van der Waals surface area (Å²) in [7, 11) is 1.39. The van der Waals surface area contributed by atoms with E-state index in [1.54, 1.807) is 6.07 Å². The van der Waals surface area contributed by atoms with E-state index in [9.17, 15) is 4.79 Å². The third-order valence-electron chi connectivity index (χ3n) is 4.00. The lowest BCUT2D eigenvalue weighted by molar-refractivity contribution is 0.0606. The number of carbonyl (C=O) groups is 1. The summed E-state index contributed by atoms with van der Waals surface area (Å²) in [5.74, 6) is -0.322. The fraction of sp³-hybridized carbons (Fsp3) is 0.353. The highest BCUT2D eigenvalue weighted by Gasteiger charge is 2.20. The Morgan fingerprint density at radius 2 is 1.91 bits per heavy atom. The second-order valence-electron chi connectivity index (χ2n) is 5.47. The van der Waals surface area contributed by atoms with E-state index in [0.29, 0.717) is 9.90 Å². The molecular weight excluding hydrogens is 332 g/mol. The van der Waals surface area contributed by atoms with E-state index in [1.165, 1.54) is 24.1 Å². The van der Waals surface area contributed by atoms with Crippen LogP contribution in [0.1, 0.15) is 14.5 Å². The van der Waals surface area contributed by atoms with Gasteiger partial charge >= 0.3 is 5.97 Å². The first-order valence-electron chi connectivity index (χ1n) is 7.56. The summed E-state index contributed by atoms with van der Waals surface area (Å²) in [4.78, 5) is 17.9. The fourth-order valence-electron chi connectivity index (χ4n) is 2.72. The molecule has 6 heteroatoms. The van der Waals surface area contributed by atoms with Gasteiger partial charge in [-0.1, -0.05) is 29.8 Å². The number of esters is 1. The van der Waals surface area contributed by atoms with Crippen LogP contribution in [0.3, 0.4) is 0 Å². The molecule has 23 heavy (non-hydrogen) atoms. The highest BCUT2D eigenvalue weighted by atomic mass is 35.5. The number of rotatable bonds is 4. The molecule has 0 unspecified atom stereocenters. The van der Waals surface area contributed by atoms with Crippen molar-refractivity contribution in [3.05, 3.63) is 51.2 Å². The van der Waals surface area contributed by atoms with Crippen molar-refractivity contribution in [2.45, 2.75) is 6.54 Å². The second kappa shape index (κ2) is 7.34. The molecule has 122 valence electrons. The van der Waals surface area contributed by atoms with Gasteiger partial charge in [0.05, 0.1) is 12.1 Å². The highest BCUT2D eigenvalue weighted by Crippen LogP contribution is 2.29. The molecule has 0 amide bonds. The fourth-order valence-corrected chi connectivity index (χ4v) is 4.08. The Hall–Kier alpha value is -1.56. The predicted octanol–water partition coefficient (Wildman–Crippen LogP) is 3.51. The van der Waals surface area contributed by atoms with Crippen LogP contribution in [-0.2, 0) is 11.3 Å². The normalized spacial score (nSPS) is 15.7. The summed E-state index contributed by atoms with van der Waals surface area (Å²) in [6.45, 7) is 4.74. The van der Waals surface area contributed by atoms with Gasteiger partial charge in [-0.15, -0.1) is 11.3 Å². The van der Waals surface area contributed by atoms with Gasteiger partial charge in [0.1, 0.15) is 4.88 Å². The van der Waals surface area contributed by atoms with Crippen molar-refractivity contribution in [1.29, 1.82) is 0 Å². The molecule has 1 aliphatic heterocycles. The van der Waals surface area contributed by atoms with Gasteiger partial charge in [-0.2, -0.15) is 0 Å². The Morgan fingerprint density at radius 1 is 1.22 bits per heavy atom. The van der Waals surface area contributed by atoms with Crippen LogP contribution in [0.2, 0.25) is 5.02 Å². The topological polar surface area (TPSA) is 32.8 Å². The van der Waals surface area contributed by atoms with Crippen LogP contribution < -0.4 is 4.90 Å². The van der Waals surface area contributed by atoms with Gasteiger partial charge in [0.2, 0.25) is 0 Å². The van der Waals surface area contributed by atoms with Gasteiger partial charge < -0.3 is 9.64 Å². The maximum atomic E-state index is 11.6. The third kappa shape index (κ3) is 3.86. The first-order chi connectivity index (χ1) is 11.2. The van der Waals surface area contributed by atoms with Crippen molar-refractivity contribution >= 4 is 34.6 Å². The summed E-state index contributed by atoms with van der Waals surface area (Å²) < 4.78 is 4.75. The molecular formula is C17H19ClN2O2S. The molecule has 0 radical (unpaired) electrons. The lowest BCUT2D eigenvalue weighted by Crippen LogP contribution is -2.45. The van der Waals surface area contributed by atoms with Crippen LogP contribution >= 0.6 is 22.9 Å². The summed E-state index contributed by atoms with van der Waals surface area (Å²) in [5.41, 5.74) is 1.27. The molecule has 3 rings (SSSR count). The number of hydrogen-bond donors (Lipinski definition) is 0. The molecule has 1 aromatic carbocycles. The molecule has 1 aromatic heterocycles. The second-order valence-corrected chi connectivity index (χ2v) is 7.02. The van der Waals surface area contributed by atoms with Crippen LogP contribution in [-0.4, -0.2) is 44.2 Å². The van der Waals surface area contributed by atoms with Crippen LogP contribution in [0.5, 0.6) is 0 Å². The maximum absolute atomic E-state index is 11.6. The van der Waals surface area contributed by atoms with E-state index in [4.69, 9.17) is 16.3 Å². The van der Waals surface area contributed by atoms with E-state index in [-0.39, 0.29) is 5.97 Å². The molecule has 0 atom stereocenters. The van der Waals surface area contributed by atoms with Crippen molar-refractivity contribution in [3.63, 3.8) is 0 Å². The molecule has 0 saturated carbocycles. The first-order valence-corrected chi connectivity index (χ1v) is 8.75. The van der Waals surface area contributed by atoms with Gasteiger partial charge in [-0.05, 0) is 18.2 Å². The van der Waals surface area contributed by atoms with Crippen molar-refractivity contribution in [1.82, 2.24) is 4.90 Å². The minimum atomic E-state index is -0.322. The number of halogens is 1. The first kappa shape index (κ1) is 16.3.